The summed E-state index contributed by atoms with van der Waals surface area (Å²) >= 11 is 6.17. The van der Waals surface area contributed by atoms with E-state index in [1.807, 2.05) is 91.0 Å². The first-order valence-electron chi connectivity index (χ1n) is 14.7. The largest absolute Gasteiger partial charge is 0.378 e. The molecule has 6 aromatic rings. The third-order valence-electron chi connectivity index (χ3n) is 7.20. The molecular formula is C32H32ClN8O5P. The van der Waals surface area contributed by atoms with Gasteiger partial charge in [0.25, 0.3) is 0 Å². The average Bonchev–Trinajstić information content (AvgIpc) is 3.72. The van der Waals surface area contributed by atoms with Crippen molar-refractivity contribution >= 4 is 36.3 Å². The molecule has 0 aliphatic heterocycles. The molecule has 47 heavy (non-hydrogen) atoms. The SMILES string of the molecule is Nc1nc(Cl)c2ncn(Cc3cn(C[C@H](OCc4ccccc4)[C@H](O)P(=O)(OCc4ccccc4)OCc4ccccc4)nn3)c2n1. The van der Waals surface area contributed by atoms with E-state index >= 15 is 0 Å². The highest BCUT2D eigenvalue weighted by molar-refractivity contribution is 7.54. The van der Waals surface area contributed by atoms with Crippen LogP contribution in [-0.2, 0) is 51.3 Å². The topological polar surface area (TPSA) is 165 Å². The maximum atomic E-state index is 14.4. The van der Waals surface area contributed by atoms with E-state index in [0.29, 0.717) is 16.9 Å². The summed E-state index contributed by atoms with van der Waals surface area (Å²) in [5, 5.41) is 20.4. The first-order valence-corrected chi connectivity index (χ1v) is 16.7. The van der Waals surface area contributed by atoms with Crippen LogP contribution in [0.1, 0.15) is 22.4 Å². The van der Waals surface area contributed by atoms with E-state index < -0.39 is 19.5 Å². The number of rotatable bonds is 15. The Morgan fingerprint density at radius 3 is 2.02 bits per heavy atom. The second kappa shape index (κ2) is 14.9. The van der Waals surface area contributed by atoms with E-state index in [-0.39, 0.29) is 44.0 Å². The molecule has 3 heterocycles. The fourth-order valence-corrected chi connectivity index (χ4v) is 6.63. The van der Waals surface area contributed by atoms with Crippen molar-refractivity contribution < 1.29 is 23.5 Å². The van der Waals surface area contributed by atoms with Gasteiger partial charge in [0.1, 0.15) is 17.3 Å². The lowest BCUT2D eigenvalue weighted by Crippen LogP contribution is -2.34. The van der Waals surface area contributed by atoms with Gasteiger partial charge in [0.2, 0.25) is 5.95 Å². The van der Waals surface area contributed by atoms with Gasteiger partial charge < -0.3 is 29.2 Å². The van der Waals surface area contributed by atoms with Gasteiger partial charge in [0.15, 0.2) is 16.6 Å². The zero-order valence-corrected chi connectivity index (χ0v) is 26.8. The molecule has 0 saturated heterocycles. The Morgan fingerprint density at radius 1 is 0.851 bits per heavy atom. The van der Waals surface area contributed by atoms with Gasteiger partial charge in [-0.2, -0.15) is 9.97 Å². The van der Waals surface area contributed by atoms with Gasteiger partial charge in [-0.05, 0) is 16.7 Å². The van der Waals surface area contributed by atoms with E-state index in [1.54, 1.807) is 17.1 Å². The minimum atomic E-state index is -4.21. The van der Waals surface area contributed by atoms with Gasteiger partial charge in [-0.25, -0.2) is 9.67 Å². The normalized spacial score (nSPS) is 13.1. The quantitative estimate of drug-likeness (QED) is 0.108. The minimum Gasteiger partial charge on any atom is -0.378 e. The number of hydrogen-bond donors (Lipinski definition) is 2. The molecule has 0 bridgehead atoms. The van der Waals surface area contributed by atoms with Crippen molar-refractivity contribution in [2.45, 2.75) is 44.9 Å². The van der Waals surface area contributed by atoms with Crippen molar-refractivity contribution in [1.82, 2.24) is 34.5 Å². The lowest BCUT2D eigenvalue weighted by molar-refractivity contribution is -0.0384. The van der Waals surface area contributed by atoms with Crippen molar-refractivity contribution in [2.75, 3.05) is 5.73 Å². The van der Waals surface area contributed by atoms with Crippen molar-refractivity contribution in [3.8, 4) is 0 Å². The fraction of sp³-hybridized carbons (Fsp3) is 0.219. The van der Waals surface area contributed by atoms with Gasteiger partial charge >= 0.3 is 7.60 Å². The molecule has 0 spiro atoms. The predicted octanol–water partition coefficient (Wildman–Crippen LogP) is 5.23. The third kappa shape index (κ3) is 8.27. The van der Waals surface area contributed by atoms with Crippen molar-refractivity contribution in [3.05, 3.63) is 131 Å². The van der Waals surface area contributed by atoms with Crippen LogP contribution in [-0.4, -0.2) is 51.6 Å². The molecule has 3 aromatic heterocycles. The van der Waals surface area contributed by atoms with Crippen LogP contribution in [0.25, 0.3) is 11.2 Å². The van der Waals surface area contributed by atoms with Gasteiger partial charge in [0.05, 0.1) is 45.4 Å². The Morgan fingerprint density at radius 2 is 1.43 bits per heavy atom. The molecule has 0 aliphatic carbocycles. The van der Waals surface area contributed by atoms with Gasteiger partial charge in [-0.3, -0.25) is 4.57 Å². The number of imidazole rings is 1. The molecule has 0 radical (unpaired) electrons. The minimum absolute atomic E-state index is 0.0139. The van der Waals surface area contributed by atoms with Crippen LogP contribution in [0.3, 0.4) is 0 Å². The number of aliphatic hydroxyl groups is 1. The number of hydrogen-bond acceptors (Lipinski definition) is 11. The summed E-state index contributed by atoms with van der Waals surface area (Å²) < 4.78 is 35.7. The number of nitrogens with two attached hydrogens (primary N) is 1. The lowest BCUT2D eigenvalue weighted by atomic mass is 10.2. The zero-order chi connectivity index (χ0) is 32.6. The summed E-state index contributed by atoms with van der Waals surface area (Å²) in [5.74, 6) is -1.65. The third-order valence-corrected chi connectivity index (χ3v) is 9.42. The van der Waals surface area contributed by atoms with Gasteiger partial charge in [-0.15, -0.1) is 5.10 Å². The zero-order valence-electron chi connectivity index (χ0n) is 25.1. The number of nitrogens with zero attached hydrogens (tertiary/aromatic N) is 7. The Balaban J connectivity index is 1.24. The van der Waals surface area contributed by atoms with Gasteiger partial charge in [0, 0.05) is 0 Å². The van der Waals surface area contributed by atoms with Crippen LogP contribution in [0.5, 0.6) is 0 Å². The molecule has 0 aliphatic rings. The Labute approximate surface area is 275 Å². The van der Waals surface area contributed by atoms with Crippen LogP contribution in [0.2, 0.25) is 5.15 Å². The number of ether oxygens (including phenoxy) is 1. The maximum absolute atomic E-state index is 14.4. The Hall–Kier alpha value is -4.49. The Kier molecular flexibility index (Phi) is 10.3. The molecule has 0 amide bonds. The molecule has 2 atom stereocenters. The number of aromatic nitrogens is 7. The summed E-state index contributed by atoms with van der Waals surface area (Å²) in [6.45, 7) is 0.282. The maximum Gasteiger partial charge on any atom is 0.362 e. The standard InChI is InChI=1S/C32H32ClN8O5P/c33-29-28-30(37-32(34)36-29)40(22-35-28)16-26-17-41(39-38-26)18-27(44-19-23-10-4-1-5-11-23)31(42)47(43,45-20-24-12-6-2-7-13-24)46-21-25-14-8-3-9-15-25/h1-15,17,22,27,31,42H,16,18-21H2,(H2,34,36,37)/t27-,31+/m0/s1. The smallest absolute Gasteiger partial charge is 0.362 e. The first-order chi connectivity index (χ1) is 22.9. The second-order valence-electron chi connectivity index (χ2n) is 10.7. The van der Waals surface area contributed by atoms with E-state index in [0.717, 1.165) is 16.7 Å². The molecule has 3 aromatic carbocycles. The second-order valence-corrected chi connectivity index (χ2v) is 13.1. The molecule has 15 heteroatoms. The van der Waals surface area contributed by atoms with Crippen LogP contribution in [0.15, 0.2) is 104 Å². The average molecular weight is 675 g/mol. The molecule has 13 nitrogen and oxygen atoms in total. The number of fused-ring (bicyclic) bond motifs is 1. The molecule has 0 fully saturated rings. The molecule has 242 valence electrons. The molecule has 0 saturated carbocycles. The van der Waals surface area contributed by atoms with E-state index in [1.165, 1.54) is 4.68 Å². The summed E-state index contributed by atoms with van der Waals surface area (Å²) in [6.07, 6.45) is 2.18. The number of anilines is 1. The monoisotopic (exact) mass is 674 g/mol. The highest BCUT2D eigenvalue weighted by atomic mass is 35.5. The molecule has 0 unspecified atom stereocenters. The number of benzene rings is 3. The van der Waals surface area contributed by atoms with Crippen molar-refractivity contribution in [1.29, 1.82) is 0 Å². The van der Waals surface area contributed by atoms with Crippen molar-refractivity contribution in [3.63, 3.8) is 0 Å². The van der Waals surface area contributed by atoms with Crippen LogP contribution in [0.4, 0.5) is 5.95 Å². The van der Waals surface area contributed by atoms with Crippen LogP contribution >= 0.6 is 19.2 Å². The molecular weight excluding hydrogens is 643 g/mol. The van der Waals surface area contributed by atoms with E-state index in [2.05, 4.69) is 25.3 Å². The highest BCUT2D eigenvalue weighted by Gasteiger charge is 2.42. The number of halogens is 1. The van der Waals surface area contributed by atoms with Crippen LogP contribution < -0.4 is 5.73 Å². The number of nitrogen functional groups attached to an aromatic ring is 1. The van der Waals surface area contributed by atoms with E-state index in [9.17, 15) is 9.67 Å². The Bertz CT molecular complexity index is 1900. The van der Waals surface area contributed by atoms with Crippen molar-refractivity contribution in [2.24, 2.45) is 0 Å². The lowest BCUT2D eigenvalue weighted by Gasteiger charge is -2.29. The first kappa shape index (κ1) is 32.5. The summed E-state index contributed by atoms with van der Waals surface area (Å²) in [6, 6.07) is 28.0. The van der Waals surface area contributed by atoms with Gasteiger partial charge in [-0.1, -0.05) is 108 Å². The summed E-state index contributed by atoms with van der Waals surface area (Å²) in [7, 11) is -4.21. The van der Waals surface area contributed by atoms with Crippen LogP contribution in [0, 0.1) is 0 Å². The molecule has 3 N–H and O–H groups in total. The fourth-order valence-electron chi connectivity index (χ4n) is 4.78. The summed E-state index contributed by atoms with van der Waals surface area (Å²) in [5.41, 5.74) is 9.60. The number of aliphatic hydroxyl groups excluding tert-OH is 1. The van der Waals surface area contributed by atoms with E-state index in [4.69, 9.17) is 31.1 Å². The highest BCUT2D eigenvalue weighted by Crippen LogP contribution is 2.55. The predicted molar refractivity (Wildman–Crippen MR) is 175 cm³/mol. The summed E-state index contributed by atoms with van der Waals surface area (Å²) in [4.78, 5) is 12.5. The molecule has 6 rings (SSSR count).